The monoisotopic (exact) mass is 715 g/mol. The fourth-order valence-electron chi connectivity index (χ4n) is 5.46. The van der Waals surface area contributed by atoms with Gasteiger partial charge in [0.25, 0.3) is 0 Å². The van der Waals surface area contributed by atoms with Crippen molar-refractivity contribution in [2.75, 3.05) is 0 Å². The molecule has 3 heteroatoms. The molecular weight excluding hydrogens is 677 g/mol. The van der Waals surface area contributed by atoms with Gasteiger partial charge in [-0.1, -0.05) is 80.1 Å². The molecule has 0 N–H and O–H groups in total. The first-order valence-corrected chi connectivity index (χ1v) is 14.5. The van der Waals surface area contributed by atoms with Gasteiger partial charge >= 0.3 is 0 Å². The standard InChI is InChI=1S/C19H22N.C19H16N.Ir/c2*1-15-14-20-19(17-10-6-3-7-11-17)13-18(15)12-16-8-4-2-5-9-16;/h3,6-7,10,13-14,16H,2,4-5,8-9,12H2,1H3;2-10,13-14H,12H2,1H3;/q2*-1;. The SMILES string of the molecule is Cc1cnc(-c2[c-]cccc2)cc1CC1CCCCC1.Cc1cnc(-c2[c-]cccc2)cc1Cc1ccccc1.[Ir]. The first-order valence-electron chi connectivity index (χ1n) is 14.5. The van der Waals surface area contributed by atoms with E-state index in [1.165, 1.54) is 66.3 Å². The normalized spacial score (nSPS) is 13.0. The van der Waals surface area contributed by atoms with Crippen molar-refractivity contribution in [1.82, 2.24) is 9.97 Å². The van der Waals surface area contributed by atoms with Crippen LogP contribution in [0.1, 0.15) is 59.9 Å². The minimum absolute atomic E-state index is 0. The van der Waals surface area contributed by atoms with Crippen LogP contribution in [-0.2, 0) is 32.9 Å². The third kappa shape index (κ3) is 8.80. The molecule has 1 aliphatic rings. The van der Waals surface area contributed by atoms with Gasteiger partial charge in [-0.05, 0) is 66.2 Å². The summed E-state index contributed by atoms with van der Waals surface area (Å²) in [6.07, 6.45) is 13.2. The van der Waals surface area contributed by atoms with Gasteiger partial charge < -0.3 is 9.97 Å². The summed E-state index contributed by atoms with van der Waals surface area (Å²) in [5, 5.41) is 0. The third-order valence-electron chi connectivity index (χ3n) is 7.87. The second-order valence-electron chi connectivity index (χ2n) is 10.9. The molecule has 0 saturated heterocycles. The van der Waals surface area contributed by atoms with Crippen LogP contribution in [0.25, 0.3) is 22.5 Å². The fourth-order valence-corrected chi connectivity index (χ4v) is 5.46. The predicted octanol–water partition coefficient (Wildman–Crippen LogP) is 9.43. The molecule has 3 aromatic carbocycles. The molecule has 6 rings (SSSR count). The molecular formula is C38H38IrN2-2. The molecule has 1 saturated carbocycles. The summed E-state index contributed by atoms with van der Waals surface area (Å²) >= 11 is 0. The van der Waals surface area contributed by atoms with Crippen LogP contribution in [0, 0.1) is 31.9 Å². The Hall–Kier alpha value is -3.39. The van der Waals surface area contributed by atoms with Gasteiger partial charge in [0.1, 0.15) is 0 Å². The van der Waals surface area contributed by atoms with Crippen LogP contribution < -0.4 is 0 Å². The van der Waals surface area contributed by atoms with E-state index >= 15 is 0 Å². The van der Waals surface area contributed by atoms with Crippen LogP contribution in [-0.4, -0.2) is 9.97 Å². The van der Waals surface area contributed by atoms with Gasteiger partial charge in [-0.2, -0.15) is 0 Å². The molecule has 41 heavy (non-hydrogen) atoms. The van der Waals surface area contributed by atoms with Gasteiger partial charge in [0.05, 0.1) is 0 Å². The van der Waals surface area contributed by atoms with Crippen LogP contribution in [0.2, 0.25) is 0 Å². The zero-order chi connectivity index (χ0) is 27.6. The first kappa shape index (κ1) is 30.6. The number of aryl methyl sites for hydroxylation is 2. The molecule has 211 valence electrons. The van der Waals surface area contributed by atoms with Gasteiger partial charge in [-0.25, -0.2) is 0 Å². The molecule has 1 radical (unpaired) electrons. The second-order valence-corrected chi connectivity index (χ2v) is 10.9. The quantitative estimate of drug-likeness (QED) is 0.164. The maximum Gasteiger partial charge on any atom is 0.0192 e. The maximum absolute atomic E-state index is 4.57. The van der Waals surface area contributed by atoms with Gasteiger partial charge in [0.2, 0.25) is 0 Å². The van der Waals surface area contributed by atoms with Crippen molar-refractivity contribution < 1.29 is 20.1 Å². The Bertz CT molecular complexity index is 1480. The zero-order valence-corrected chi connectivity index (χ0v) is 26.5. The van der Waals surface area contributed by atoms with Crippen molar-refractivity contribution in [2.24, 2.45) is 5.92 Å². The number of pyridine rings is 2. The van der Waals surface area contributed by atoms with Crippen LogP contribution in [0.15, 0.2) is 103 Å². The van der Waals surface area contributed by atoms with E-state index in [4.69, 9.17) is 0 Å². The van der Waals surface area contributed by atoms with Crippen molar-refractivity contribution in [3.8, 4) is 22.5 Å². The molecule has 0 aliphatic heterocycles. The number of aromatic nitrogens is 2. The predicted molar refractivity (Wildman–Crippen MR) is 166 cm³/mol. The summed E-state index contributed by atoms with van der Waals surface area (Å²) in [5.41, 5.74) is 10.9. The van der Waals surface area contributed by atoms with Crippen molar-refractivity contribution in [3.63, 3.8) is 0 Å². The third-order valence-corrected chi connectivity index (χ3v) is 7.87. The second kappa shape index (κ2) is 15.6. The molecule has 0 spiro atoms. The molecule has 0 atom stereocenters. The molecule has 2 heterocycles. The van der Waals surface area contributed by atoms with Crippen molar-refractivity contribution in [2.45, 2.75) is 58.8 Å². The Labute approximate surface area is 259 Å². The van der Waals surface area contributed by atoms with Gasteiger partial charge in [-0.3, -0.25) is 0 Å². The molecule has 1 aliphatic carbocycles. The average Bonchev–Trinajstić information content (AvgIpc) is 3.02. The number of hydrogen-bond acceptors (Lipinski definition) is 2. The van der Waals surface area contributed by atoms with E-state index in [0.29, 0.717) is 0 Å². The molecule has 1 fully saturated rings. The summed E-state index contributed by atoms with van der Waals surface area (Å²) < 4.78 is 0. The van der Waals surface area contributed by atoms with Crippen molar-refractivity contribution >= 4 is 0 Å². The smallest absolute Gasteiger partial charge is 0.0192 e. The van der Waals surface area contributed by atoms with Crippen LogP contribution in [0.4, 0.5) is 0 Å². The molecule has 0 amide bonds. The fraction of sp³-hybridized carbons (Fsp3) is 0.263. The Morgan fingerprint density at radius 2 is 1.20 bits per heavy atom. The molecule has 2 nitrogen and oxygen atoms in total. The number of benzene rings is 3. The summed E-state index contributed by atoms with van der Waals surface area (Å²) in [7, 11) is 0. The largest absolute Gasteiger partial charge is 0.304 e. The molecule has 5 aromatic rings. The number of rotatable bonds is 6. The summed E-state index contributed by atoms with van der Waals surface area (Å²) in [5.74, 6) is 0.873. The van der Waals surface area contributed by atoms with Gasteiger partial charge in [0, 0.05) is 32.5 Å². The van der Waals surface area contributed by atoms with E-state index in [1.54, 1.807) is 0 Å². The molecule has 2 aromatic heterocycles. The summed E-state index contributed by atoms with van der Waals surface area (Å²) in [6, 6.07) is 37.5. The summed E-state index contributed by atoms with van der Waals surface area (Å²) in [4.78, 5) is 9.09. The van der Waals surface area contributed by atoms with E-state index in [1.807, 2.05) is 60.9 Å². The average molecular weight is 715 g/mol. The van der Waals surface area contributed by atoms with E-state index in [2.05, 4.69) is 78.4 Å². The van der Waals surface area contributed by atoms with Gasteiger partial charge in [-0.15, -0.1) is 71.8 Å². The minimum atomic E-state index is 0. The molecule has 0 bridgehead atoms. The van der Waals surface area contributed by atoms with Crippen LogP contribution >= 0.6 is 0 Å². The summed E-state index contributed by atoms with van der Waals surface area (Å²) in [6.45, 7) is 4.30. The Kier molecular flexibility index (Phi) is 11.6. The minimum Gasteiger partial charge on any atom is -0.304 e. The van der Waals surface area contributed by atoms with E-state index < -0.39 is 0 Å². The van der Waals surface area contributed by atoms with Crippen molar-refractivity contribution in [1.29, 1.82) is 0 Å². The zero-order valence-electron chi connectivity index (χ0n) is 24.1. The van der Waals surface area contributed by atoms with Crippen LogP contribution in [0.5, 0.6) is 0 Å². The number of nitrogens with zero attached hydrogens (tertiary/aromatic N) is 2. The molecule has 0 unspecified atom stereocenters. The Balaban J connectivity index is 0.000000184. The van der Waals surface area contributed by atoms with Gasteiger partial charge in [0.15, 0.2) is 0 Å². The van der Waals surface area contributed by atoms with E-state index in [0.717, 1.165) is 34.9 Å². The Morgan fingerprint density at radius 1 is 0.659 bits per heavy atom. The maximum atomic E-state index is 4.57. The van der Waals surface area contributed by atoms with Crippen LogP contribution in [0.3, 0.4) is 0 Å². The van der Waals surface area contributed by atoms with E-state index in [-0.39, 0.29) is 20.1 Å². The number of hydrogen-bond donors (Lipinski definition) is 0. The van der Waals surface area contributed by atoms with Crippen molar-refractivity contribution in [3.05, 3.63) is 143 Å². The van der Waals surface area contributed by atoms with E-state index in [9.17, 15) is 0 Å². The first-order chi connectivity index (χ1) is 19.7. The Morgan fingerprint density at radius 3 is 1.76 bits per heavy atom. The topological polar surface area (TPSA) is 25.8 Å².